The lowest BCUT2D eigenvalue weighted by Gasteiger charge is -2.19. The van der Waals surface area contributed by atoms with Crippen LogP contribution in [0.4, 0.5) is 0 Å². The molecule has 1 heterocycles. The molecule has 0 aromatic heterocycles. The van der Waals surface area contributed by atoms with Crippen molar-refractivity contribution in [2.75, 3.05) is 0 Å². The van der Waals surface area contributed by atoms with Crippen LogP contribution in [0.5, 0.6) is 0 Å². The van der Waals surface area contributed by atoms with E-state index in [-0.39, 0.29) is 11.6 Å². The summed E-state index contributed by atoms with van der Waals surface area (Å²) >= 11 is 0. The lowest BCUT2D eigenvalue weighted by atomic mass is 9.85. The summed E-state index contributed by atoms with van der Waals surface area (Å²) in [6, 6.07) is 54.4. The van der Waals surface area contributed by atoms with Crippen molar-refractivity contribution < 1.29 is 0 Å². The van der Waals surface area contributed by atoms with Crippen molar-refractivity contribution >= 4 is 5.57 Å². The minimum atomic E-state index is -0.279. The van der Waals surface area contributed by atoms with Gasteiger partial charge < -0.3 is 4.90 Å². The van der Waals surface area contributed by atoms with E-state index in [1.165, 1.54) is 33.4 Å². The van der Waals surface area contributed by atoms with Crippen LogP contribution in [0.3, 0.4) is 0 Å². The quantitative estimate of drug-likeness (QED) is 0.237. The van der Waals surface area contributed by atoms with Crippen LogP contribution in [0.1, 0.15) is 33.9 Å². The second-order valence-electron chi connectivity index (χ2n) is 8.99. The van der Waals surface area contributed by atoms with Crippen LogP contribution >= 0.6 is 0 Å². The highest BCUT2D eigenvalue weighted by Crippen LogP contribution is 2.64. The van der Waals surface area contributed by atoms with Crippen molar-refractivity contribution in [2.45, 2.75) is 11.6 Å². The Labute approximate surface area is 207 Å². The number of rotatable bonds is 6. The second kappa shape index (κ2) is 9.12. The fraction of sp³-hybridized carbons (Fsp3) is 0.0588. The minimum Gasteiger partial charge on any atom is -0.351 e. The fourth-order valence-corrected chi connectivity index (χ4v) is 5.38. The summed E-state index contributed by atoms with van der Waals surface area (Å²) in [7, 11) is 0. The molecule has 168 valence electrons. The number of nitrogens with zero attached hydrogens (tertiary/aromatic N) is 1. The van der Waals surface area contributed by atoms with Gasteiger partial charge in [-0.3, -0.25) is 0 Å². The molecule has 6 rings (SSSR count). The van der Waals surface area contributed by atoms with E-state index in [1.54, 1.807) is 0 Å². The maximum atomic E-state index is 2.54. The highest BCUT2D eigenvalue weighted by atomic mass is 15.4. The summed E-state index contributed by atoms with van der Waals surface area (Å²) < 4.78 is 0. The lowest BCUT2D eigenvalue weighted by molar-refractivity contribution is 0.585. The average Bonchev–Trinajstić information content (AvgIpc) is 3.63. The highest BCUT2D eigenvalue weighted by Gasteiger charge is 2.64. The summed E-state index contributed by atoms with van der Waals surface area (Å²) in [5, 5.41) is 0. The largest absolute Gasteiger partial charge is 0.351 e. The molecule has 0 N–H and O–H groups in total. The topological polar surface area (TPSA) is 3.01 Å². The van der Waals surface area contributed by atoms with E-state index in [2.05, 4.69) is 163 Å². The summed E-state index contributed by atoms with van der Waals surface area (Å²) in [4.78, 5) is 2.54. The van der Waals surface area contributed by atoms with Crippen LogP contribution in [-0.2, 0) is 5.54 Å². The van der Waals surface area contributed by atoms with Crippen molar-refractivity contribution in [3.05, 3.63) is 186 Å². The van der Waals surface area contributed by atoms with Crippen LogP contribution < -0.4 is 0 Å². The molecule has 1 saturated heterocycles. The molecule has 0 bridgehead atoms. The molecule has 1 fully saturated rings. The van der Waals surface area contributed by atoms with E-state index in [4.69, 9.17) is 0 Å². The van der Waals surface area contributed by atoms with E-state index < -0.39 is 0 Å². The van der Waals surface area contributed by atoms with Crippen LogP contribution in [0.2, 0.25) is 0 Å². The van der Waals surface area contributed by atoms with Gasteiger partial charge in [0.15, 0.2) is 0 Å². The van der Waals surface area contributed by atoms with E-state index in [0.29, 0.717) is 0 Å². The SMILES string of the molecule is C(=C(c1ccccc1)c1ccccc1)N1[C@@H](c2ccccc2)C1(c1ccccc1)c1ccccc1. The van der Waals surface area contributed by atoms with Crippen molar-refractivity contribution in [2.24, 2.45) is 0 Å². The van der Waals surface area contributed by atoms with Gasteiger partial charge in [-0.1, -0.05) is 152 Å². The van der Waals surface area contributed by atoms with Gasteiger partial charge in [0.05, 0.1) is 6.04 Å². The third-order valence-electron chi connectivity index (χ3n) is 6.99. The van der Waals surface area contributed by atoms with Gasteiger partial charge in [0.1, 0.15) is 5.54 Å². The van der Waals surface area contributed by atoms with Gasteiger partial charge >= 0.3 is 0 Å². The number of hydrogen-bond donors (Lipinski definition) is 0. The van der Waals surface area contributed by atoms with Gasteiger partial charge in [0, 0.05) is 11.8 Å². The molecule has 35 heavy (non-hydrogen) atoms. The molecule has 0 unspecified atom stereocenters. The summed E-state index contributed by atoms with van der Waals surface area (Å²) in [6.07, 6.45) is 2.38. The molecule has 5 aromatic rings. The minimum absolute atomic E-state index is 0.191. The molecule has 0 radical (unpaired) electrons. The summed E-state index contributed by atoms with van der Waals surface area (Å²) in [5.41, 5.74) is 7.30. The molecule has 1 heteroatoms. The third-order valence-corrected chi connectivity index (χ3v) is 6.99. The molecule has 5 aromatic carbocycles. The summed E-state index contributed by atoms with van der Waals surface area (Å²) in [6.45, 7) is 0. The molecule has 1 atom stereocenters. The second-order valence-corrected chi connectivity index (χ2v) is 8.99. The van der Waals surface area contributed by atoms with Crippen LogP contribution in [0, 0.1) is 0 Å². The van der Waals surface area contributed by atoms with Crippen molar-refractivity contribution in [3.63, 3.8) is 0 Å². The van der Waals surface area contributed by atoms with Crippen molar-refractivity contribution in [3.8, 4) is 0 Å². The highest BCUT2D eigenvalue weighted by molar-refractivity contribution is 5.80. The van der Waals surface area contributed by atoms with Crippen molar-refractivity contribution in [1.29, 1.82) is 0 Å². The zero-order chi connectivity index (χ0) is 23.5. The maximum absolute atomic E-state index is 2.54. The first-order valence-corrected chi connectivity index (χ1v) is 12.2. The van der Waals surface area contributed by atoms with Gasteiger partial charge in [-0.2, -0.15) is 0 Å². The Kier molecular flexibility index (Phi) is 5.52. The number of hydrogen-bond acceptors (Lipinski definition) is 1. The zero-order valence-electron chi connectivity index (χ0n) is 19.5. The third kappa shape index (κ3) is 3.76. The van der Waals surface area contributed by atoms with Crippen LogP contribution in [0.25, 0.3) is 5.57 Å². The van der Waals surface area contributed by atoms with Gasteiger partial charge in [-0.15, -0.1) is 0 Å². The molecule has 0 spiro atoms. The standard InChI is InChI=1S/C34H27N/c1-6-16-27(17-7-1)32(28-18-8-2-9-19-28)26-35-33(29-20-10-3-11-21-29)34(35,30-22-12-4-13-23-30)31-24-14-5-15-25-31/h1-26,33H/t33-,35?/m0/s1. The van der Waals surface area contributed by atoms with Gasteiger partial charge in [0.25, 0.3) is 0 Å². The fourth-order valence-electron chi connectivity index (χ4n) is 5.38. The van der Waals surface area contributed by atoms with Crippen LogP contribution in [-0.4, -0.2) is 4.90 Å². The normalized spacial score (nSPS) is 15.9. The molecular weight excluding hydrogens is 422 g/mol. The van der Waals surface area contributed by atoms with E-state index in [9.17, 15) is 0 Å². The van der Waals surface area contributed by atoms with Crippen LogP contribution in [0.15, 0.2) is 158 Å². The smallest absolute Gasteiger partial charge is 0.115 e. The van der Waals surface area contributed by atoms with E-state index >= 15 is 0 Å². The first kappa shape index (κ1) is 21.2. The van der Waals surface area contributed by atoms with E-state index in [0.717, 1.165) is 0 Å². The molecule has 0 saturated carbocycles. The molecule has 1 aliphatic heterocycles. The Morgan fingerprint density at radius 3 is 1.29 bits per heavy atom. The monoisotopic (exact) mass is 449 g/mol. The molecular formula is C34H27N. The van der Waals surface area contributed by atoms with Gasteiger partial charge in [-0.25, -0.2) is 0 Å². The molecule has 0 amide bonds. The lowest BCUT2D eigenvalue weighted by Crippen LogP contribution is -2.16. The Balaban J connectivity index is 1.60. The summed E-state index contributed by atoms with van der Waals surface area (Å²) in [5.74, 6) is 0. The predicted molar refractivity (Wildman–Crippen MR) is 145 cm³/mol. The first-order valence-electron chi connectivity index (χ1n) is 12.2. The average molecular weight is 450 g/mol. The molecule has 0 aliphatic carbocycles. The van der Waals surface area contributed by atoms with Gasteiger partial charge in [0.2, 0.25) is 0 Å². The Hall–Kier alpha value is -4.36. The Morgan fingerprint density at radius 2 is 0.857 bits per heavy atom. The van der Waals surface area contributed by atoms with Gasteiger partial charge in [-0.05, 0) is 27.8 Å². The predicted octanol–water partition coefficient (Wildman–Crippen LogP) is 8.08. The molecule has 1 aliphatic rings. The number of benzene rings is 5. The van der Waals surface area contributed by atoms with Crippen molar-refractivity contribution in [1.82, 2.24) is 4.90 Å². The Morgan fingerprint density at radius 1 is 0.486 bits per heavy atom. The Bertz CT molecular complexity index is 1330. The maximum Gasteiger partial charge on any atom is 0.115 e. The first-order chi connectivity index (χ1) is 17.4. The van der Waals surface area contributed by atoms with E-state index in [1.807, 2.05) is 0 Å². The zero-order valence-corrected chi connectivity index (χ0v) is 19.5. The molecule has 1 nitrogen and oxygen atoms in total.